The van der Waals surface area contributed by atoms with Gasteiger partial charge in [0.1, 0.15) is 0 Å². The van der Waals surface area contributed by atoms with Gasteiger partial charge in [0.25, 0.3) is 0 Å². The molecule has 0 saturated carbocycles. The first-order chi connectivity index (χ1) is 9.83. The minimum atomic E-state index is 0.128. The predicted octanol–water partition coefficient (Wildman–Crippen LogP) is 6.73. The van der Waals surface area contributed by atoms with E-state index in [0.29, 0.717) is 0 Å². The molecular weight excluding hydrogens is 264 g/mol. The van der Waals surface area contributed by atoms with Crippen LogP contribution in [0.4, 0.5) is 0 Å². The molecule has 0 aromatic heterocycles. The van der Waals surface area contributed by atoms with E-state index >= 15 is 0 Å². The highest BCUT2D eigenvalue weighted by molar-refractivity contribution is 5.89. The molecule has 2 aromatic rings. The van der Waals surface area contributed by atoms with Crippen LogP contribution in [0.5, 0.6) is 0 Å². The summed E-state index contributed by atoms with van der Waals surface area (Å²) in [6.07, 6.45) is 0. The molecular formula is C22H32. The Morgan fingerprint density at radius 2 is 1.09 bits per heavy atom. The summed E-state index contributed by atoms with van der Waals surface area (Å²) >= 11 is 0. The van der Waals surface area contributed by atoms with Crippen molar-refractivity contribution in [1.82, 2.24) is 0 Å². The van der Waals surface area contributed by atoms with Gasteiger partial charge in [0.2, 0.25) is 0 Å². The molecule has 0 nitrogen and oxygen atoms in total. The van der Waals surface area contributed by atoms with E-state index in [0.717, 1.165) is 0 Å². The van der Waals surface area contributed by atoms with Gasteiger partial charge in [0.15, 0.2) is 0 Å². The normalized spacial score (nSPS) is 13.7. The first kappa shape index (κ1) is 17.1. The molecule has 0 aliphatic rings. The van der Waals surface area contributed by atoms with E-state index in [1.54, 1.807) is 0 Å². The maximum atomic E-state index is 2.42. The fourth-order valence-electron chi connectivity index (χ4n) is 3.50. The fraction of sp³-hybridized carbons (Fsp3) is 0.545. The van der Waals surface area contributed by atoms with Crippen LogP contribution in [-0.4, -0.2) is 0 Å². The van der Waals surface area contributed by atoms with Crippen molar-refractivity contribution < 1.29 is 0 Å². The summed E-state index contributed by atoms with van der Waals surface area (Å²) in [5.41, 5.74) is 4.95. The Hall–Kier alpha value is -1.30. The Morgan fingerprint density at radius 1 is 0.591 bits per heavy atom. The fourth-order valence-corrected chi connectivity index (χ4v) is 3.50. The van der Waals surface area contributed by atoms with Crippen molar-refractivity contribution in [2.24, 2.45) is 0 Å². The second kappa shape index (κ2) is 5.11. The average Bonchev–Trinajstić information content (AvgIpc) is 2.33. The van der Waals surface area contributed by atoms with Crippen LogP contribution in [0.25, 0.3) is 10.8 Å². The van der Waals surface area contributed by atoms with Gasteiger partial charge in [-0.05, 0) is 43.7 Å². The molecule has 0 N–H and O–H groups in total. The van der Waals surface area contributed by atoms with E-state index in [1.807, 2.05) is 0 Å². The summed E-state index contributed by atoms with van der Waals surface area (Å²) in [5, 5.41) is 2.78. The lowest BCUT2D eigenvalue weighted by molar-refractivity contribution is 0.501. The highest BCUT2D eigenvalue weighted by Crippen LogP contribution is 2.44. The molecule has 0 heterocycles. The molecule has 0 heteroatoms. The molecule has 0 radical (unpaired) electrons. The third kappa shape index (κ3) is 3.07. The zero-order valence-electron chi connectivity index (χ0n) is 15.9. The van der Waals surface area contributed by atoms with Crippen LogP contribution in [0, 0.1) is 0 Å². The van der Waals surface area contributed by atoms with Gasteiger partial charge in [-0.15, -0.1) is 0 Å². The quantitative estimate of drug-likeness (QED) is 0.505. The predicted molar refractivity (Wildman–Crippen MR) is 100 cm³/mol. The van der Waals surface area contributed by atoms with Crippen molar-refractivity contribution in [2.45, 2.75) is 78.6 Å². The Bertz CT molecular complexity index is 683. The summed E-state index contributed by atoms with van der Waals surface area (Å²) in [6.45, 7) is 21.1. The zero-order valence-corrected chi connectivity index (χ0v) is 15.9. The molecule has 0 bridgehead atoms. The van der Waals surface area contributed by atoms with E-state index in [4.69, 9.17) is 0 Å². The lowest BCUT2D eigenvalue weighted by Crippen LogP contribution is -2.28. The Kier molecular flexibility index (Phi) is 3.97. The van der Waals surface area contributed by atoms with E-state index in [1.165, 1.54) is 27.5 Å². The second-order valence-electron chi connectivity index (χ2n) is 9.65. The first-order valence-electron chi connectivity index (χ1n) is 8.40. The number of hydrogen-bond acceptors (Lipinski definition) is 0. The maximum Gasteiger partial charge on any atom is -0.0123 e. The molecule has 0 atom stereocenters. The van der Waals surface area contributed by atoms with Crippen molar-refractivity contribution in [3.63, 3.8) is 0 Å². The van der Waals surface area contributed by atoms with Crippen molar-refractivity contribution >= 4 is 10.8 Å². The lowest BCUT2D eigenvalue weighted by Gasteiger charge is -2.37. The van der Waals surface area contributed by atoms with Crippen molar-refractivity contribution in [1.29, 1.82) is 0 Å². The number of fused-ring (bicyclic) bond motifs is 1. The largest absolute Gasteiger partial charge is 0.0616 e. The van der Waals surface area contributed by atoms with Gasteiger partial charge in [0, 0.05) is 0 Å². The van der Waals surface area contributed by atoms with Crippen LogP contribution in [0.15, 0.2) is 30.3 Å². The molecule has 0 saturated heterocycles. The monoisotopic (exact) mass is 296 g/mol. The third-order valence-electron chi connectivity index (χ3n) is 4.36. The Labute approximate surface area is 136 Å². The zero-order chi connectivity index (χ0) is 16.9. The molecule has 0 unspecified atom stereocenters. The average molecular weight is 296 g/mol. The Balaban J connectivity index is 3.09. The SMILES string of the molecule is CC(C)(C)c1cc2ccccc2c(C(C)(C)C)c1C(C)(C)C. The van der Waals surface area contributed by atoms with E-state index < -0.39 is 0 Å². The van der Waals surface area contributed by atoms with Crippen LogP contribution in [0.1, 0.15) is 79.0 Å². The molecule has 0 spiro atoms. The van der Waals surface area contributed by atoms with Crippen LogP contribution >= 0.6 is 0 Å². The van der Waals surface area contributed by atoms with Gasteiger partial charge in [-0.2, -0.15) is 0 Å². The third-order valence-corrected chi connectivity index (χ3v) is 4.36. The minimum Gasteiger partial charge on any atom is -0.0616 e. The second-order valence-corrected chi connectivity index (χ2v) is 9.65. The summed E-state index contributed by atoms with van der Waals surface area (Å²) in [6, 6.07) is 11.3. The van der Waals surface area contributed by atoms with Gasteiger partial charge in [0.05, 0.1) is 0 Å². The number of benzene rings is 2. The smallest absolute Gasteiger partial charge is 0.0123 e. The molecule has 0 amide bonds. The standard InChI is InChI=1S/C22H32/c1-20(2,3)17-14-15-12-10-11-13-16(15)18(21(4,5)6)19(17)22(7,8)9/h10-14H,1-9H3. The molecule has 2 rings (SSSR count). The lowest BCUT2D eigenvalue weighted by atomic mass is 9.67. The number of rotatable bonds is 0. The summed E-state index contributed by atoms with van der Waals surface area (Å²) in [4.78, 5) is 0. The van der Waals surface area contributed by atoms with Gasteiger partial charge in [-0.3, -0.25) is 0 Å². The molecule has 0 fully saturated rings. The summed E-state index contributed by atoms with van der Waals surface area (Å²) < 4.78 is 0. The highest BCUT2D eigenvalue weighted by Gasteiger charge is 2.33. The van der Waals surface area contributed by atoms with Crippen LogP contribution < -0.4 is 0 Å². The van der Waals surface area contributed by atoms with Crippen LogP contribution in [0.3, 0.4) is 0 Å². The molecule has 2 aromatic carbocycles. The van der Waals surface area contributed by atoms with Crippen LogP contribution in [-0.2, 0) is 16.2 Å². The molecule has 0 aliphatic heterocycles. The van der Waals surface area contributed by atoms with Gasteiger partial charge >= 0.3 is 0 Å². The summed E-state index contributed by atoms with van der Waals surface area (Å²) in [5.74, 6) is 0. The van der Waals surface area contributed by atoms with Gasteiger partial charge in [-0.25, -0.2) is 0 Å². The molecule has 120 valence electrons. The van der Waals surface area contributed by atoms with Crippen molar-refractivity contribution in [2.75, 3.05) is 0 Å². The summed E-state index contributed by atoms with van der Waals surface area (Å²) in [7, 11) is 0. The minimum absolute atomic E-state index is 0.128. The van der Waals surface area contributed by atoms with Crippen molar-refractivity contribution in [3.05, 3.63) is 47.0 Å². The van der Waals surface area contributed by atoms with Gasteiger partial charge in [-0.1, -0.05) is 92.6 Å². The highest BCUT2D eigenvalue weighted by atomic mass is 14.4. The van der Waals surface area contributed by atoms with E-state index in [9.17, 15) is 0 Å². The topological polar surface area (TPSA) is 0 Å². The maximum absolute atomic E-state index is 2.42. The Morgan fingerprint density at radius 3 is 1.55 bits per heavy atom. The van der Waals surface area contributed by atoms with Crippen molar-refractivity contribution in [3.8, 4) is 0 Å². The van der Waals surface area contributed by atoms with Crippen LogP contribution in [0.2, 0.25) is 0 Å². The first-order valence-corrected chi connectivity index (χ1v) is 8.40. The van der Waals surface area contributed by atoms with E-state index in [-0.39, 0.29) is 16.2 Å². The molecule has 22 heavy (non-hydrogen) atoms. The molecule has 0 aliphatic carbocycles. The van der Waals surface area contributed by atoms with E-state index in [2.05, 4.69) is 92.6 Å². The van der Waals surface area contributed by atoms with Gasteiger partial charge < -0.3 is 0 Å². The number of hydrogen-bond donors (Lipinski definition) is 0.